The number of aryl methyl sites for hydroxylation is 1. The van der Waals surface area contributed by atoms with Gasteiger partial charge in [-0.3, -0.25) is 0 Å². The van der Waals surface area contributed by atoms with Gasteiger partial charge in [0.2, 0.25) is 0 Å². The average molecular weight is 236 g/mol. The van der Waals surface area contributed by atoms with E-state index in [4.69, 9.17) is 0 Å². The molecule has 0 heterocycles. The van der Waals surface area contributed by atoms with Crippen LogP contribution in [-0.2, 0) is 6.42 Å². The van der Waals surface area contributed by atoms with Crippen LogP contribution < -0.4 is 0 Å². The van der Waals surface area contributed by atoms with E-state index in [1.807, 2.05) is 36.0 Å². The Hall–Kier alpha value is -0.730. The van der Waals surface area contributed by atoms with Crippen molar-refractivity contribution in [2.45, 2.75) is 25.9 Å². The van der Waals surface area contributed by atoms with E-state index in [1.165, 1.54) is 5.56 Å². The molecule has 0 aromatic heterocycles. The summed E-state index contributed by atoms with van der Waals surface area (Å²) in [5.74, 6) is 2.13. The van der Waals surface area contributed by atoms with Gasteiger partial charge in [-0.1, -0.05) is 49.4 Å². The van der Waals surface area contributed by atoms with Crippen molar-refractivity contribution in [1.29, 1.82) is 0 Å². The number of aliphatic hydroxyl groups excluding tert-OH is 1. The van der Waals surface area contributed by atoms with Crippen LogP contribution in [0.5, 0.6) is 0 Å². The zero-order valence-corrected chi connectivity index (χ0v) is 10.6. The summed E-state index contributed by atoms with van der Waals surface area (Å²) in [5, 5.41) is 9.71. The number of benzene rings is 1. The predicted octanol–water partition coefficient (Wildman–Crippen LogP) is 3.29. The Labute approximate surface area is 103 Å². The quantitative estimate of drug-likeness (QED) is 0.579. The molecular weight excluding hydrogens is 216 g/mol. The minimum Gasteiger partial charge on any atom is -0.389 e. The lowest BCUT2D eigenvalue weighted by Gasteiger charge is -2.05. The Kier molecular flexibility index (Phi) is 7.02. The van der Waals surface area contributed by atoms with Crippen LogP contribution in [0.3, 0.4) is 0 Å². The molecule has 1 unspecified atom stereocenters. The summed E-state index contributed by atoms with van der Waals surface area (Å²) in [7, 11) is 0. The molecule has 0 aliphatic rings. The highest BCUT2D eigenvalue weighted by molar-refractivity contribution is 7.99. The summed E-state index contributed by atoms with van der Waals surface area (Å²) >= 11 is 1.87. The lowest BCUT2D eigenvalue weighted by atomic mass is 10.1. The SMILES string of the molecule is CCSC/C=C/C(O)CCc1ccccc1. The Morgan fingerprint density at radius 2 is 2.06 bits per heavy atom. The van der Waals surface area contributed by atoms with Gasteiger partial charge < -0.3 is 5.11 Å². The zero-order chi connectivity index (χ0) is 11.6. The lowest BCUT2D eigenvalue weighted by molar-refractivity contribution is 0.213. The average Bonchev–Trinajstić information content (AvgIpc) is 2.33. The summed E-state index contributed by atoms with van der Waals surface area (Å²) in [5.41, 5.74) is 1.29. The predicted molar refractivity (Wildman–Crippen MR) is 72.9 cm³/mol. The van der Waals surface area contributed by atoms with Gasteiger partial charge in [0, 0.05) is 5.75 Å². The Bertz CT molecular complexity index is 295. The number of rotatable bonds is 7. The van der Waals surface area contributed by atoms with Crippen molar-refractivity contribution in [3.63, 3.8) is 0 Å². The van der Waals surface area contributed by atoms with Crippen LogP contribution in [0.1, 0.15) is 18.9 Å². The smallest absolute Gasteiger partial charge is 0.0724 e. The van der Waals surface area contributed by atoms with E-state index in [9.17, 15) is 5.11 Å². The summed E-state index contributed by atoms with van der Waals surface area (Å²) in [6.45, 7) is 2.14. The van der Waals surface area contributed by atoms with E-state index >= 15 is 0 Å². The standard InChI is InChI=1S/C14H20OS/c1-2-16-12-6-9-14(15)11-10-13-7-4-3-5-8-13/h3-9,14-15H,2,10-12H2,1H3/b9-6+. The first-order valence-electron chi connectivity index (χ1n) is 5.79. The van der Waals surface area contributed by atoms with Gasteiger partial charge >= 0.3 is 0 Å². The first-order valence-corrected chi connectivity index (χ1v) is 6.94. The van der Waals surface area contributed by atoms with Crippen LogP contribution >= 0.6 is 11.8 Å². The largest absolute Gasteiger partial charge is 0.389 e. The maximum atomic E-state index is 9.71. The molecule has 0 saturated heterocycles. The molecule has 1 aromatic carbocycles. The third-order valence-corrected chi connectivity index (χ3v) is 3.18. The van der Waals surface area contributed by atoms with E-state index < -0.39 is 0 Å². The topological polar surface area (TPSA) is 20.2 Å². The highest BCUT2D eigenvalue weighted by Crippen LogP contribution is 2.06. The fourth-order valence-electron chi connectivity index (χ4n) is 1.45. The minimum absolute atomic E-state index is 0.308. The fourth-order valence-corrected chi connectivity index (χ4v) is 1.94. The number of aliphatic hydroxyl groups is 1. The number of thioether (sulfide) groups is 1. The second-order valence-corrected chi connectivity index (χ2v) is 5.00. The van der Waals surface area contributed by atoms with E-state index in [0.717, 1.165) is 24.3 Å². The van der Waals surface area contributed by atoms with Crippen molar-refractivity contribution in [2.75, 3.05) is 11.5 Å². The first-order chi connectivity index (χ1) is 7.83. The second kappa shape index (κ2) is 8.43. The maximum absolute atomic E-state index is 9.71. The molecule has 0 spiro atoms. The van der Waals surface area contributed by atoms with Crippen LogP contribution in [0.15, 0.2) is 42.5 Å². The normalized spacial score (nSPS) is 13.1. The molecule has 0 aliphatic heterocycles. The molecule has 1 N–H and O–H groups in total. The van der Waals surface area contributed by atoms with Gasteiger partial charge in [-0.15, -0.1) is 0 Å². The van der Waals surface area contributed by atoms with Gasteiger partial charge in [0.15, 0.2) is 0 Å². The zero-order valence-electron chi connectivity index (χ0n) is 9.80. The third kappa shape index (κ3) is 5.99. The van der Waals surface area contributed by atoms with Crippen molar-refractivity contribution in [3.8, 4) is 0 Å². The summed E-state index contributed by atoms with van der Waals surface area (Å²) < 4.78 is 0. The van der Waals surface area contributed by atoms with Crippen molar-refractivity contribution in [2.24, 2.45) is 0 Å². The molecule has 1 nitrogen and oxygen atoms in total. The second-order valence-electron chi connectivity index (χ2n) is 3.68. The number of hydrogen-bond donors (Lipinski definition) is 1. The molecule has 0 radical (unpaired) electrons. The van der Waals surface area contributed by atoms with Crippen molar-refractivity contribution < 1.29 is 5.11 Å². The first kappa shape index (κ1) is 13.3. The van der Waals surface area contributed by atoms with Gasteiger partial charge in [0.05, 0.1) is 6.10 Å². The Morgan fingerprint density at radius 1 is 1.31 bits per heavy atom. The van der Waals surface area contributed by atoms with Crippen LogP contribution in [-0.4, -0.2) is 22.7 Å². The van der Waals surface area contributed by atoms with Crippen molar-refractivity contribution in [1.82, 2.24) is 0 Å². The molecule has 88 valence electrons. The van der Waals surface area contributed by atoms with Gasteiger partial charge in [0.1, 0.15) is 0 Å². The molecule has 16 heavy (non-hydrogen) atoms. The molecule has 1 aromatic rings. The Morgan fingerprint density at radius 3 is 2.75 bits per heavy atom. The maximum Gasteiger partial charge on any atom is 0.0724 e. The lowest BCUT2D eigenvalue weighted by Crippen LogP contribution is -2.03. The van der Waals surface area contributed by atoms with E-state index in [2.05, 4.69) is 25.1 Å². The van der Waals surface area contributed by atoms with Gasteiger partial charge in [-0.2, -0.15) is 11.8 Å². The fraction of sp³-hybridized carbons (Fsp3) is 0.429. The monoisotopic (exact) mass is 236 g/mol. The molecule has 0 aliphatic carbocycles. The van der Waals surface area contributed by atoms with Crippen LogP contribution in [0.25, 0.3) is 0 Å². The third-order valence-electron chi connectivity index (χ3n) is 2.35. The number of hydrogen-bond acceptors (Lipinski definition) is 2. The molecule has 2 heteroatoms. The van der Waals surface area contributed by atoms with E-state index in [-0.39, 0.29) is 6.10 Å². The Balaban J connectivity index is 2.20. The van der Waals surface area contributed by atoms with E-state index in [1.54, 1.807) is 0 Å². The molecule has 0 saturated carbocycles. The van der Waals surface area contributed by atoms with Crippen molar-refractivity contribution in [3.05, 3.63) is 48.0 Å². The van der Waals surface area contributed by atoms with Crippen LogP contribution in [0.4, 0.5) is 0 Å². The van der Waals surface area contributed by atoms with E-state index in [0.29, 0.717) is 0 Å². The molecule has 1 rings (SSSR count). The van der Waals surface area contributed by atoms with Crippen LogP contribution in [0.2, 0.25) is 0 Å². The van der Waals surface area contributed by atoms with Gasteiger partial charge in [-0.05, 0) is 24.2 Å². The molecule has 0 bridgehead atoms. The molecule has 1 atom stereocenters. The van der Waals surface area contributed by atoms with Crippen LogP contribution in [0, 0.1) is 0 Å². The van der Waals surface area contributed by atoms with Gasteiger partial charge in [0.25, 0.3) is 0 Å². The molecular formula is C14H20OS. The molecule has 0 fully saturated rings. The summed E-state index contributed by atoms with van der Waals surface area (Å²) in [4.78, 5) is 0. The summed E-state index contributed by atoms with van der Waals surface area (Å²) in [6.07, 6.45) is 5.40. The highest BCUT2D eigenvalue weighted by Gasteiger charge is 1.99. The summed E-state index contributed by atoms with van der Waals surface area (Å²) in [6, 6.07) is 10.3. The van der Waals surface area contributed by atoms with Gasteiger partial charge in [-0.25, -0.2) is 0 Å². The minimum atomic E-state index is -0.308. The molecule has 0 amide bonds. The highest BCUT2D eigenvalue weighted by atomic mass is 32.2. The van der Waals surface area contributed by atoms with Crippen molar-refractivity contribution >= 4 is 11.8 Å².